The Bertz CT molecular complexity index is 1270. The van der Waals surface area contributed by atoms with Crippen LogP contribution in [0.5, 0.6) is 5.75 Å². The van der Waals surface area contributed by atoms with E-state index < -0.39 is 0 Å². The third kappa shape index (κ3) is 5.08. The van der Waals surface area contributed by atoms with E-state index in [1.165, 1.54) is 0 Å². The summed E-state index contributed by atoms with van der Waals surface area (Å²) >= 11 is 0. The molecule has 2 aromatic heterocycles. The van der Waals surface area contributed by atoms with E-state index in [4.69, 9.17) is 20.6 Å². The fourth-order valence-electron chi connectivity index (χ4n) is 5.22. The van der Waals surface area contributed by atoms with Crippen LogP contribution in [0.1, 0.15) is 47.4 Å². The Kier molecular flexibility index (Phi) is 7.21. The maximum absolute atomic E-state index is 13.7. The van der Waals surface area contributed by atoms with Gasteiger partial charge < -0.3 is 30.5 Å². The SMILES string of the molecule is CCC1c2cc3nc(N4CC[C@H](N)C4)cc(n3n2)N(C)CCNCCOc2ccc(C)cc2C(=O)N1C. The molecule has 2 bridgehead atoms. The normalized spacial score (nSPS) is 21.5. The van der Waals surface area contributed by atoms with Crippen molar-refractivity contribution in [2.45, 2.75) is 38.8 Å². The second kappa shape index (κ2) is 10.5. The molecule has 1 unspecified atom stereocenters. The van der Waals surface area contributed by atoms with Crippen LogP contribution in [0.4, 0.5) is 11.6 Å². The molecule has 1 fully saturated rings. The molecule has 3 N–H and O–H groups in total. The van der Waals surface area contributed by atoms with Crippen molar-refractivity contribution < 1.29 is 9.53 Å². The highest BCUT2D eigenvalue weighted by Crippen LogP contribution is 2.31. The van der Waals surface area contributed by atoms with Gasteiger partial charge in [0.25, 0.3) is 5.91 Å². The Hall–Kier alpha value is -3.37. The van der Waals surface area contributed by atoms with Gasteiger partial charge in [-0.1, -0.05) is 18.6 Å². The van der Waals surface area contributed by atoms with Crippen molar-refractivity contribution in [1.82, 2.24) is 24.8 Å². The van der Waals surface area contributed by atoms with Crippen molar-refractivity contribution in [1.29, 1.82) is 0 Å². The molecule has 2 aliphatic heterocycles. The third-order valence-electron chi connectivity index (χ3n) is 7.40. The molecule has 1 amide bonds. The zero-order valence-corrected chi connectivity index (χ0v) is 22.3. The summed E-state index contributed by atoms with van der Waals surface area (Å²) in [7, 11) is 3.91. The van der Waals surface area contributed by atoms with Crippen LogP contribution in [0.15, 0.2) is 30.3 Å². The monoisotopic (exact) mass is 506 g/mol. The van der Waals surface area contributed by atoms with Gasteiger partial charge in [0.1, 0.15) is 24.0 Å². The lowest BCUT2D eigenvalue weighted by atomic mass is 10.1. The quantitative estimate of drug-likeness (QED) is 0.545. The second-order valence-electron chi connectivity index (χ2n) is 10.2. The molecule has 4 heterocycles. The van der Waals surface area contributed by atoms with Crippen LogP contribution in [0.25, 0.3) is 5.65 Å². The van der Waals surface area contributed by atoms with Gasteiger partial charge in [-0.15, -0.1) is 0 Å². The van der Waals surface area contributed by atoms with Gasteiger partial charge in [-0.3, -0.25) is 4.79 Å². The molecule has 37 heavy (non-hydrogen) atoms. The van der Waals surface area contributed by atoms with E-state index >= 15 is 0 Å². The highest BCUT2D eigenvalue weighted by atomic mass is 16.5. The summed E-state index contributed by atoms with van der Waals surface area (Å²) in [4.78, 5) is 24.9. The first-order valence-corrected chi connectivity index (χ1v) is 13.2. The van der Waals surface area contributed by atoms with Crippen LogP contribution in [0, 0.1) is 6.92 Å². The van der Waals surface area contributed by atoms with Crippen LogP contribution >= 0.6 is 0 Å². The Morgan fingerprint density at radius 1 is 1.16 bits per heavy atom. The first-order valence-electron chi connectivity index (χ1n) is 13.2. The summed E-state index contributed by atoms with van der Waals surface area (Å²) in [5.41, 5.74) is 9.37. The summed E-state index contributed by atoms with van der Waals surface area (Å²) < 4.78 is 7.95. The number of rotatable bonds is 2. The smallest absolute Gasteiger partial charge is 0.257 e. The molecule has 5 rings (SSSR count). The zero-order chi connectivity index (χ0) is 26.1. The maximum Gasteiger partial charge on any atom is 0.257 e. The van der Waals surface area contributed by atoms with Gasteiger partial charge in [-0.25, -0.2) is 4.98 Å². The van der Waals surface area contributed by atoms with Gasteiger partial charge in [0.15, 0.2) is 5.65 Å². The molecular formula is C27H38N8O2. The molecule has 3 aromatic rings. The number of fused-ring (bicyclic) bond motifs is 2. The fourth-order valence-corrected chi connectivity index (χ4v) is 5.22. The standard InChI is InChI=1S/C27H38N8O2/c1-5-22-21-15-25-30-24(34-11-8-19(28)17-34)16-26(35(25)31-21)32(3)12-9-29-10-13-37-23-7-6-18(2)14-20(23)27(36)33(22)4/h6-7,14-16,19,22,29H,5,8-13,17,28H2,1-4H3/t19-,22?/m0/s1. The summed E-state index contributed by atoms with van der Waals surface area (Å²) in [6.07, 6.45) is 1.68. The zero-order valence-electron chi connectivity index (χ0n) is 22.3. The fraction of sp³-hybridized carbons (Fsp3) is 0.519. The van der Waals surface area contributed by atoms with E-state index in [-0.39, 0.29) is 18.0 Å². The number of likely N-dealkylation sites (N-methyl/N-ethyl adjacent to an activating group) is 1. The number of carbonyl (C=O) groups excluding carboxylic acids is 1. The van der Waals surface area contributed by atoms with Crippen molar-refractivity contribution in [3.8, 4) is 5.75 Å². The highest BCUT2D eigenvalue weighted by molar-refractivity contribution is 5.97. The Morgan fingerprint density at radius 2 is 2.00 bits per heavy atom. The lowest BCUT2D eigenvalue weighted by Crippen LogP contribution is -2.34. The molecule has 2 atom stereocenters. The van der Waals surface area contributed by atoms with Crippen LogP contribution in [0.2, 0.25) is 0 Å². The minimum absolute atomic E-state index is 0.0836. The van der Waals surface area contributed by atoms with Crippen LogP contribution in [-0.2, 0) is 0 Å². The van der Waals surface area contributed by atoms with Crippen molar-refractivity contribution in [2.75, 3.05) is 63.2 Å². The van der Waals surface area contributed by atoms with Gasteiger partial charge >= 0.3 is 0 Å². The molecule has 0 saturated carbocycles. The summed E-state index contributed by atoms with van der Waals surface area (Å²) in [6, 6.07) is 9.84. The number of amides is 1. The van der Waals surface area contributed by atoms with E-state index in [1.807, 2.05) is 42.8 Å². The van der Waals surface area contributed by atoms with E-state index in [1.54, 1.807) is 4.90 Å². The first kappa shape index (κ1) is 25.3. The average Bonchev–Trinajstić information content (AvgIpc) is 3.51. The Morgan fingerprint density at radius 3 is 2.76 bits per heavy atom. The van der Waals surface area contributed by atoms with E-state index in [0.29, 0.717) is 24.5 Å². The molecule has 2 aliphatic rings. The summed E-state index contributed by atoms with van der Waals surface area (Å²) in [5, 5.41) is 8.44. The van der Waals surface area contributed by atoms with Gasteiger partial charge in [-0.2, -0.15) is 9.61 Å². The number of nitrogens with two attached hydrogens (primary N) is 1. The number of ether oxygens (including phenoxy) is 1. The molecule has 0 spiro atoms. The molecular weight excluding hydrogens is 468 g/mol. The van der Waals surface area contributed by atoms with Crippen molar-refractivity contribution in [2.24, 2.45) is 5.73 Å². The number of anilines is 2. The van der Waals surface area contributed by atoms with Gasteiger partial charge in [0.2, 0.25) is 0 Å². The lowest BCUT2D eigenvalue weighted by Gasteiger charge is -2.27. The van der Waals surface area contributed by atoms with E-state index in [2.05, 4.69) is 35.2 Å². The molecule has 1 aromatic carbocycles. The highest BCUT2D eigenvalue weighted by Gasteiger charge is 2.28. The third-order valence-corrected chi connectivity index (χ3v) is 7.40. The number of aryl methyl sites for hydroxylation is 1. The van der Waals surface area contributed by atoms with E-state index in [0.717, 1.165) is 67.6 Å². The van der Waals surface area contributed by atoms with Crippen molar-refractivity contribution in [3.63, 3.8) is 0 Å². The van der Waals surface area contributed by atoms with E-state index in [9.17, 15) is 4.79 Å². The van der Waals surface area contributed by atoms with Gasteiger partial charge in [0.05, 0.1) is 17.3 Å². The number of hydrogen-bond donors (Lipinski definition) is 2. The maximum atomic E-state index is 13.7. The number of aromatic nitrogens is 3. The van der Waals surface area contributed by atoms with Crippen LogP contribution < -0.4 is 25.6 Å². The number of nitrogens with one attached hydrogen (secondary N) is 1. The number of nitrogens with zero attached hydrogens (tertiary/aromatic N) is 6. The predicted molar refractivity (Wildman–Crippen MR) is 146 cm³/mol. The largest absolute Gasteiger partial charge is 0.491 e. The topological polar surface area (TPSA) is 104 Å². The van der Waals surface area contributed by atoms with Crippen LogP contribution in [0.3, 0.4) is 0 Å². The average molecular weight is 507 g/mol. The molecule has 10 nitrogen and oxygen atoms in total. The minimum Gasteiger partial charge on any atom is -0.491 e. The first-order chi connectivity index (χ1) is 17.9. The number of hydrogen-bond acceptors (Lipinski definition) is 8. The van der Waals surface area contributed by atoms with Crippen LogP contribution in [-0.4, -0.2) is 84.9 Å². The molecule has 10 heteroatoms. The van der Waals surface area contributed by atoms with Crippen molar-refractivity contribution in [3.05, 3.63) is 47.2 Å². The van der Waals surface area contributed by atoms with Crippen molar-refractivity contribution >= 4 is 23.2 Å². The summed E-state index contributed by atoms with van der Waals surface area (Å²) in [6.45, 7) is 8.48. The lowest BCUT2D eigenvalue weighted by molar-refractivity contribution is 0.0718. The second-order valence-corrected chi connectivity index (χ2v) is 10.2. The summed E-state index contributed by atoms with van der Waals surface area (Å²) in [5.74, 6) is 2.40. The Balaban J connectivity index is 1.59. The molecule has 1 saturated heterocycles. The molecule has 198 valence electrons. The molecule has 0 aliphatic carbocycles. The predicted octanol–water partition coefficient (Wildman–Crippen LogP) is 2.22. The van der Waals surface area contributed by atoms with Gasteiger partial charge in [0, 0.05) is 65.0 Å². The number of carbonyl (C=O) groups is 1. The Labute approximate surface area is 218 Å². The molecule has 0 radical (unpaired) electrons. The minimum atomic E-state index is -0.209. The number of benzene rings is 1. The van der Waals surface area contributed by atoms with Gasteiger partial charge in [-0.05, 0) is 31.9 Å².